The van der Waals surface area contributed by atoms with Gasteiger partial charge in [0.15, 0.2) is 5.96 Å². The van der Waals surface area contributed by atoms with E-state index in [0.29, 0.717) is 12.0 Å². The van der Waals surface area contributed by atoms with E-state index in [4.69, 9.17) is 11.5 Å². The summed E-state index contributed by atoms with van der Waals surface area (Å²) in [4.78, 5) is 6.61. The SMILES string of the molecule is CNC1CN(C2=CC(N)(CC3CC3)N=C(N)N2)C1. The predicted molar refractivity (Wildman–Crippen MR) is 71.5 cm³/mol. The molecule has 6 N–H and O–H groups in total. The Balaban J connectivity index is 1.70. The summed E-state index contributed by atoms with van der Waals surface area (Å²) >= 11 is 0. The maximum Gasteiger partial charge on any atom is 0.196 e. The normalized spacial score (nSPS) is 32.4. The third kappa shape index (κ3) is 2.30. The first kappa shape index (κ1) is 11.8. The molecule has 1 saturated heterocycles. The van der Waals surface area contributed by atoms with Gasteiger partial charge in [0.05, 0.1) is 0 Å². The second-order valence-corrected chi connectivity index (χ2v) is 5.68. The molecule has 0 bridgehead atoms. The highest BCUT2D eigenvalue weighted by atomic mass is 15.4. The van der Waals surface area contributed by atoms with Gasteiger partial charge in [0.25, 0.3) is 0 Å². The highest BCUT2D eigenvalue weighted by molar-refractivity contribution is 5.81. The average Bonchev–Trinajstić information content (AvgIpc) is 2.97. The predicted octanol–water partition coefficient (Wildman–Crippen LogP) is -0.896. The minimum absolute atomic E-state index is 0.434. The molecule has 0 aromatic carbocycles. The lowest BCUT2D eigenvalue weighted by Crippen LogP contribution is -2.60. The van der Waals surface area contributed by atoms with Crippen LogP contribution in [0.5, 0.6) is 0 Å². The lowest BCUT2D eigenvalue weighted by atomic mass is 10.0. The molecular weight excluding hydrogens is 228 g/mol. The van der Waals surface area contributed by atoms with Crippen molar-refractivity contribution in [2.45, 2.75) is 31.0 Å². The first-order valence-electron chi connectivity index (χ1n) is 6.64. The summed E-state index contributed by atoms with van der Waals surface area (Å²) in [6, 6.07) is 0.559. The van der Waals surface area contributed by atoms with Crippen molar-refractivity contribution in [3.8, 4) is 0 Å². The molecular formula is C12H22N6. The average molecular weight is 250 g/mol. The molecule has 1 saturated carbocycles. The first-order chi connectivity index (χ1) is 8.58. The molecule has 1 atom stereocenters. The molecule has 0 amide bonds. The monoisotopic (exact) mass is 250 g/mol. The van der Waals surface area contributed by atoms with Gasteiger partial charge in [-0.15, -0.1) is 0 Å². The van der Waals surface area contributed by atoms with Crippen molar-refractivity contribution in [2.24, 2.45) is 22.4 Å². The van der Waals surface area contributed by atoms with Gasteiger partial charge in [-0.25, -0.2) is 4.99 Å². The number of guanidine groups is 1. The number of rotatable bonds is 4. The van der Waals surface area contributed by atoms with Crippen molar-refractivity contribution in [2.75, 3.05) is 20.1 Å². The standard InChI is InChI=1S/C12H22N6/c1-15-9-6-18(7-9)10-5-12(14,4-8-2-3-8)17-11(13)16-10/h5,8-9,15H,2-4,6-7,14H2,1H3,(H3,13,16,17). The van der Waals surface area contributed by atoms with E-state index in [1.54, 1.807) is 0 Å². The molecule has 1 aliphatic carbocycles. The maximum atomic E-state index is 6.34. The van der Waals surface area contributed by atoms with Crippen LogP contribution in [0.25, 0.3) is 0 Å². The molecule has 0 aromatic heterocycles. The Labute approximate surface area is 107 Å². The summed E-state index contributed by atoms with van der Waals surface area (Å²) in [6.45, 7) is 1.98. The van der Waals surface area contributed by atoms with Gasteiger partial charge < -0.3 is 27.0 Å². The minimum atomic E-state index is -0.615. The van der Waals surface area contributed by atoms with Crippen molar-refractivity contribution >= 4 is 5.96 Å². The van der Waals surface area contributed by atoms with Crippen LogP contribution in [0.15, 0.2) is 16.9 Å². The molecule has 2 fully saturated rings. The van der Waals surface area contributed by atoms with Crippen LogP contribution >= 0.6 is 0 Å². The molecule has 3 aliphatic rings. The third-order valence-corrected chi connectivity index (χ3v) is 3.91. The van der Waals surface area contributed by atoms with Gasteiger partial charge in [0.1, 0.15) is 11.5 Å². The number of nitrogens with zero attached hydrogens (tertiary/aromatic N) is 2. The van der Waals surface area contributed by atoms with Crippen molar-refractivity contribution in [3.05, 3.63) is 11.9 Å². The van der Waals surface area contributed by atoms with E-state index in [2.05, 4.69) is 20.5 Å². The Morgan fingerprint density at radius 2 is 2.28 bits per heavy atom. The summed E-state index contributed by atoms with van der Waals surface area (Å²) < 4.78 is 0. The summed E-state index contributed by atoms with van der Waals surface area (Å²) in [7, 11) is 1.99. The van der Waals surface area contributed by atoms with Gasteiger partial charge in [0.2, 0.25) is 0 Å². The van der Waals surface area contributed by atoms with Crippen molar-refractivity contribution in [3.63, 3.8) is 0 Å². The van der Waals surface area contributed by atoms with Crippen LogP contribution in [-0.4, -0.2) is 42.7 Å². The largest absolute Gasteiger partial charge is 0.370 e. The Kier molecular flexibility index (Phi) is 2.71. The Morgan fingerprint density at radius 1 is 1.56 bits per heavy atom. The van der Waals surface area contributed by atoms with Gasteiger partial charge in [0, 0.05) is 19.1 Å². The van der Waals surface area contributed by atoms with Crippen molar-refractivity contribution in [1.29, 1.82) is 0 Å². The van der Waals surface area contributed by atoms with Crippen LogP contribution in [0.1, 0.15) is 19.3 Å². The third-order valence-electron chi connectivity index (χ3n) is 3.91. The lowest BCUT2D eigenvalue weighted by Gasteiger charge is -2.44. The molecule has 18 heavy (non-hydrogen) atoms. The summed E-state index contributed by atoms with van der Waals surface area (Å²) in [5.41, 5.74) is 11.6. The molecule has 100 valence electrons. The number of nitrogens with two attached hydrogens (primary N) is 2. The molecule has 1 unspecified atom stereocenters. The Bertz CT molecular complexity index is 393. The van der Waals surface area contributed by atoms with E-state index >= 15 is 0 Å². The van der Waals surface area contributed by atoms with Gasteiger partial charge in [-0.3, -0.25) is 0 Å². The summed E-state index contributed by atoms with van der Waals surface area (Å²) in [5.74, 6) is 2.17. The number of nitrogens with one attached hydrogen (secondary N) is 2. The van der Waals surface area contributed by atoms with E-state index in [1.807, 2.05) is 13.1 Å². The molecule has 0 aromatic rings. The van der Waals surface area contributed by atoms with Gasteiger partial charge >= 0.3 is 0 Å². The van der Waals surface area contributed by atoms with E-state index in [-0.39, 0.29) is 0 Å². The molecule has 6 nitrogen and oxygen atoms in total. The summed E-state index contributed by atoms with van der Waals surface area (Å²) in [5, 5.41) is 6.37. The number of hydrogen-bond donors (Lipinski definition) is 4. The summed E-state index contributed by atoms with van der Waals surface area (Å²) in [6.07, 6.45) is 5.49. The molecule has 0 spiro atoms. The van der Waals surface area contributed by atoms with Crippen LogP contribution in [0.3, 0.4) is 0 Å². The maximum absolute atomic E-state index is 6.34. The van der Waals surface area contributed by atoms with E-state index in [9.17, 15) is 0 Å². The molecule has 3 rings (SSSR count). The molecule has 6 heteroatoms. The molecule has 2 aliphatic heterocycles. The smallest absolute Gasteiger partial charge is 0.196 e. The minimum Gasteiger partial charge on any atom is -0.370 e. The lowest BCUT2D eigenvalue weighted by molar-refractivity contribution is 0.167. The molecule has 2 heterocycles. The van der Waals surface area contributed by atoms with Crippen LogP contribution in [0.4, 0.5) is 0 Å². The Morgan fingerprint density at radius 3 is 2.89 bits per heavy atom. The zero-order valence-corrected chi connectivity index (χ0v) is 10.8. The zero-order chi connectivity index (χ0) is 12.8. The van der Waals surface area contributed by atoms with Crippen LogP contribution in [-0.2, 0) is 0 Å². The highest BCUT2D eigenvalue weighted by Crippen LogP contribution is 2.38. The second-order valence-electron chi connectivity index (χ2n) is 5.68. The number of likely N-dealkylation sites (N-methyl/N-ethyl adjacent to an activating group) is 1. The quantitative estimate of drug-likeness (QED) is 0.519. The van der Waals surface area contributed by atoms with Crippen molar-refractivity contribution in [1.82, 2.24) is 15.5 Å². The first-order valence-corrected chi connectivity index (χ1v) is 6.64. The number of likely N-dealkylation sites (tertiary alicyclic amines) is 1. The van der Waals surface area contributed by atoms with Gasteiger partial charge in [-0.1, -0.05) is 12.8 Å². The topological polar surface area (TPSA) is 91.7 Å². The van der Waals surface area contributed by atoms with Crippen LogP contribution in [0.2, 0.25) is 0 Å². The fourth-order valence-electron chi connectivity index (χ4n) is 2.61. The fourth-order valence-corrected chi connectivity index (χ4v) is 2.61. The van der Waals surface area contributed by atoms with Crippen LogP contribution in [0, 0.1) is 5.92 Å². The highest BCUT2D eigenvalue weighted by Gasteiger charge is 2.37. The van der Waals surface area contributed by atoms with Gasteiger partial charge in [-0.2, -0.15) is 0 Å². The van der Waals surface area contributed by atoms with Crippen molar-refractivity contribution < 1.29 is 0 Å². The number of aliphatic imine (C=N–C) groups is 1. The van der Waals surface area contributed by atoms with Crippen LogP contribution < -0.4 is 22.1 Å². The van der Waals surface area contributed by atoms with E-state index < -0.39 is 5.66 Å². The zero-order valence-electron chi connectivity index (χ0n) is 10.8. The fraction of sp³-hybridized carbons (Fsp3) is 0.750. The molecule has 0 radical (unpaired) electrons. The Hall–Kier alpha value is -1.27. The second kappa shape index (κ2) is 4.13. The van der Waals surface area contributed by atoms with E-state index in [1.165, 1.54) is 12.8 Å². The number of hydrogen-bond acceptors (Lipinski definition) is 6. The van der Waals surface area contributed by atoms with Gasteiger partial charge in [-0.05, 0) is 25.5 Å². The van der Waals surface area contributed by atoms with E-state index in [0.717, 1.165) is 31.2 Å².